The van der Waals surface area contributed by atoms with Gasteiger partial charge in [-0.05, 0) is 30.9 Å². The molecule has 0 saturated carbocycles. The predicted molar refractivity (Wildman–Crippen MR) is 76.9 cm³/mol. The summed E-state index contributed by atoms with van der Waals surface area (Å²) in [6, 6.07) is 4.71. The number of aliphatic imine (C=N–C) groups is 1. The number of pyridine rings is 1. The van der Waals surface area contributed by atoms with Crippen LogP contribution in [-0.2, 0) is 0 Å². The molecule has 0 spiro atoms. The van der Waals surface area contributed by atoms with Gasteiger partial charge in [0.2, 0.25) is 0 Å². The number of hydrogen-bond donors (Lipinski definition) is 0. The van der Waals surface area contributed by atoms with Crippen molar-refractivity contribution in [1.29, 1.82) is 0 Å². The van der Waals surface area contributed by atoms with Crippen molar-refractivity contribution in [3.05, 3.63) is 30.1 Å². The molecule has 18 heavy (non-hydrogen) atoms. The van der Waals surface area contributed by atoms with Crippen LogP contribution in [0, 0.1) is 0 Å². The molecular weight excluding hydrogens is 242 g/mol. The van der Waals surface area contributed by atoms with Crippen LogP contribution in [0.5, 0.6) is 0 Å². The van der Waals surface area contributed by atoms with Crippen molar-refractivity contribution in [2.75, 3.05) is 13.1 Å². The van der Waals surface area contributed by atoms with E-state index in [2.05, 4.69) is 22.9 Å². The smallest absolute Gasteiger partial charge is 0.160 e. The van der Waals surface area contributed by atoms with Gasteiger partial charge in [-0.25, -0.2) is 0 Å². The molecule has 4 heteroatoms. The Kier molecular flexibility index (Phi) is 3.55. The molecule has 2 aliphatic heterocycles. The lowest BCUT2D eigenvalue weighted by Crippen LogP contribution is -2.36. The zero-order valence-corrected chi connectivity index (χ0v) is 11.6. The number of aromatic nitrogens is 1. The van der Waals surface area contributed by atoms with E-state index >= 15 is 0 Å². The Morgan fingerprint density at radius 2 is 2.33 bits per heavy atom. The van der Waals surface area contributed by atoms with E-state index < -0.39 is 0 Å². The molecule has 0 bridgehead atoms. The maximum absolute atomic E-state index is 4.70. The molecule has 1 aromatic rings. The molecule has 1 aromatic heterocycles. The standard InChI is InChI=1S/C14H19N3S/c1-11-9-16-14(18-11)17-8-3-2-6-13(17)12-5-4-7-15-10-12/h4-5,7,10-11,13H,2-3,6,8-9H2,1H3/t11-,13-/m0/s1. The first-order chi connectivity index (χ1) is 8.84. The Hall–Kier alpha value is -1.03. The van der Waals surface area contributed by atoms with E-state index in [1.165, 1.54) is 30.0 Å². The summed E-state index contributed by atoms with van der Waals surface area (Å²) in [7, 11) is 0. The van der Waals surface area contributed by atoms with Gasteiger partial charge in [0, 0.05) is 24.2 Å². The SMILES string of the molecule is C[C@H]1CN=C(N2CCCC[C@H]2c2cccnc2)S1. The Labute approximate surface area is 113 Å². The second kappa shape index (κ2) is 5.31. The minimum Gasteiger partial charge on any atom is -0.344 e. The van der Waals surface area contributed by atoms with Crippen molar-refractivity contribution in [3.63, 3.8) is 0 Å². The summed E-state index contributed by atoms with van der Waals surface area (Å²) >= 11 is 1.93. The number of hydrogen-bond acceptors (Lipinski definition) is 4. The number of rotatable bonds is 1. The second-order valence-corrected chi connectivity index (χ2v) is 6.45. The topological polar surface area (TPSA) is 28.5 Å². The molecule has 2 atom stereocenters. The lowest BCUT2D eigenvalue weighted by atomic mass is 9.97. The number of nitrogens with zero attached hydrogens (tertiary/aromatic N) is 3. The van der Waals surface area contributed by atoms with Gasteiger partial charge in [-0.2, -0.15) is 0 Å². The minimum absolute atomic E-state index is 0.476. The average Bonchev–Trinajstić information content (AvgIpc) is 2.86. The molecule has 0 N–H and O–H groups in total. The van der Waals surface area contributed by atoms with Crippen LogP contribution in [0.1, 0.15) is 37.8 Å². The summed E-state index contributed by atoms with van der Waals surface area (Å²) in [6.07, 6.45) is 7.67. The summed E-state index contributed by atoms with van der Waals surface area (Å²) in [4.78, 5) is 11.5. The van der Waals surface area contributed by atoms with Gasteiger partial charge in [-0.15, -0.1) is 0 Å². The normalized spacial score (nSPS) is 28.3. The van der Waals surface area contributed by atoms with E-state index in [4.69, 9.17) is 4.99 Å². The summed E-state index contributed by atoms with van der Waals surface area (Å²) in [6.45, 7) is 4.36. The van der Waals surface area contributed by atoms with Crippen molar-refractivity contribution < 1.29 is 0 Å². The van der Waals surface area contributed by atoms with Gasteiger partial charge in [-0.3, -0.25) is 9.98 Å². The van der Waals surface area contributed by atoms with E-state index in [9.17, 15) is 0 Å². The second-order valence-electron chi connectivity index (χ2n) is 5.04. The van der Waals surface area contributed by atoms with Crippen molar-refractivity contribution in [2.45, 2.75) is 37.5 Å². The monoisotopic (exact) mass is 261 g/mol. The van der Waals surface area contributed by atoms with Gasteiger partial charge >= 0.3 is 0 Å². The Balaban J connectivity index is 1.83. The molecule has 0 unspecified atom stereocenters. The van der Waals surface area contributed by atoms with Gasteiger partial charge in [0.15, 0.2) is 5.17 Å². The molecule has 3 rings (SSSR count). The Morgan fingerprint density at radius 3 is 3.06 bits per heavy atom. The predicted octanol–water partition coefficient (Wildman–Crippen LogP) is 3.10. The highest BCUT2D eigenvalue weighted by atomic mass is 32.2. The van der Waals surface area contributed by atoms with Crippen LogP contribution in [0.2, 0.25) is 0 Å². The fraction of sp³-hybridized carbons (Fsp3) is 0.571. The Morgan fingerprint density at radius 1 is 1.39 bits per heavy atom. The van der Waals surface area contributed by atoms with Crippen LogP contribution in [0.4, 0.5) is 0 Å². The Bertz CT molecular complexity index is 432. The fourth-order valence-electron chi connectivity index (χ4n) is 2.70. The summed E-state index contributed by atoms with van der Waals surface area (Å²) in [5, 5.41) is 1.88. The molecule has 96 valence electrons. The van der Waals surface area contributed by atoms with Crippen LogP contribution < -0.4 is 0 Å². The van der Waals surface area contributed by atoms with Gasteiger partial charge in [0.1, 0.15) is 0 Å². The third-order valence-electron chi connectivity index (χ3n) is 3.61. The molecule has 0 radical (unpaired) electrons. The van der Waals surface area contributed by atoms with E-state index in [-0.39, 0.29) is 0 Å². The lowest BCUT2D eigenvalue weighted by molar-refractivity contribution is 0.249. The van der Waals surface area contributed by atoms with Gasteiger partial charge < -0.3 is 4.90 Å². The quantitative estimate of drug-likeness (QED) is 0.777. The van der Waals surface area contributed by atoms with Crippen LogP contribution in [-0.4, -0.2) is 33.4 Å². The zero-order valence-electron chi connectivity index (χ0n) is 10.7. The van der Waals surface area contributed by atoms with Gasteiger partial charge in [-0.1, -0.05) is 24.8 Å². The van der Waals surface area contributed by atoms with Crippen LogP contribution in [0.3, 0.4) is 0 Å². The fourth-order valence-corrected chi connectivity index (χ4v) is 3.71. The van der Waals surface area contributed by atoms with E-state index in [0.717, 1.165) is 13.1 Å². The summed E-state index contributed by atoms with van der Waals surface area (Å²) < 4.78 is 0. The van der Waals surface area contributed by atoms with E-state index in [1.807, 2.05) is 30.2 Å². The molecule has 2 aliphatic rings. The van der Waals surface area contributed by atoms with Crippen molar-refractivity contribution >= 4 is 16.9 Å². The molecular formula is C14H19N3S. The molecule has 0 aromatic carbocycles. The molecule has 3 heterocycles. The molecule has 1 saturated heterocycles. The van der Waals surface area contributed by atoms with Crippen molar-refractivity contribution in [2.24, 2.45) is 4.99 Å². The number of likely N-dealkylation sites (tertiary alicyclic amines) is 1. The first kappa shape index (κ1) is 12.0. The van der Waals surface area contributed by atoms with Crippen LogP contribution in [0.15, 0.2) is 29.5 Å². The summed E-state index contributed by atoms with van der Waals surface area (Å²) in [5.41, 5.74) is 1.33. The average molecular weight is 261 g/mol. The number of piperidine rings is 1. The maximum Gasteiger partial charge on any atom is 0.160 e. The zero-order chi connectivity index (χ0) is 12.4. The molecule has 1 fully saturated rings. The van der Waals surface area contributed by atoms with Crippen molar-refractivity contribution in [3.8, 4) is 0 Å². The highest BCUT2D eigenvalue weighted by molar-refractivity contribution is 8.14. The van der Waals surface area contributed by atoms with Gasteiger partial charge in [0.05, 0.1) is 12.6 Å². The largest absolute Gasteiger partial charge is 0.344 e. The minimum atomic E-state index is 0.476. The lowest BCUT2D eigenvalue weighted by Gasteiger charge is -2.37. The maximum atomic E-state index is 4.70. The first-order valence-corrected chi connectivity index (χ1v) is 7.60. The van der Waals surface area contributed by atoms with Gasteiger partial charge in [0.25, 0.3) is 0 Å². The van der Waals surface area contributed by atoms with E-state index in [0.29, 0.717) is 11.3 Å². The highest BCUT2D eigenvalue weighted by Crippen LogP contribution is 2.35. The molecule has 0 aliphatic carbocycles. The van der Waals surface area contributed by atoms with Crippen LogP contribution >= 0.6 is 11.8 Å². The van der Waals surface area contributed by atoms with Crippen molar-refractivity contribution in [1.82, 2.24) is 9.88 Å². The number of thioether (sulfide) groups is 1. The van der Waals surface area contributed by atoms with E-state index in [1.54, 1.807) is 0 Å². The highest BCUT2D eigenvalue weighted by Gasteiger charge is 2.29. The molecule has 3 nitrogen and oxygen atoms in total. The third kappa shape index (κ3) is 2.39. The third-order valence-corrected chi connectivity index (χ3v) is 4.73. The number of amidine groups is 1. The van der Waals surface area contributed by atoms with Crippen LogP contribution in [0.25, 0.3) is 0 Å². The first-order valence-electron chi connectivity index (χ1n) is 6.72. The molecule has 0 amide bonds. The summed E-state index contributed by atoms with van der Waals surface area (Å²) in [5.74, 6) is 0.